The molecule has 0 unspecified atom stereocenters. The molecule has 1 atom stereocenters. The molecule has 2 heterocycles. The fraction of sp³-hybridized carbons (Fsp3) is 0.304. The smallest absolute Gasteiger partial charge is 0.269 e. The largest absolute Gasteiger partial charge is 0.507 e. The molecule has 3 aromatic rings. The first kappa shape index (κ1) is 19.2. The van der Waals surface area contributed by atoms with Crippen LogP contribution in [0.5, 0.6) is 5.75 Å². The van der Waals surface area contributed by atoms with Crippen LogP contribution in [0, 0.1) is 6.92 Å². The minimum absolute atomic E-state index is 0.142. The van der Waals surface area contributed by atoms with Crippen molar-refractivity contribution in [1.82, 2.24) is 20.4 Å². The van der Waals surface area contributed by atoms with Gasteiger partial charge in [-0.05, 0) is 55.1 Å². The second-order valence-corrected chi connectivity index (χ2v) is 7.58. The molecular formula is C23H26N4O2. The highest BCUT2D eigenvalue weighted by atomic mass is 16.3. The number of rotatable bonds is 6. The molecule has 0 aliphatic carbocycles. The number of aryl methyl sites for hydroxylation is 1. The molecule has 150 valence electrons. The van der Waals surface area contributed by atoms with E-state index in [1.54, 1.807) is 24.3 Å². The predicted molar refractivity (Wildman–Crippen MR) is 113 cm³/mol. The summed E-state index contributed by atoms with van der Waals surface area (Å²) >= 11 is 0. The summed E-state index contributed by atoms with van der Waals surface area (Å²) in [6.07, 6.45) is 1.16. The number of aromatic amines is 1. The minimum Gasteiger partial charge on any atom is -0.507 e. The molecular weight excluding hydrogens is 364 g/mol. The van der Waals surface area contributed by atoms with E-state index < -0.39 is 0 Å². The number of phenols is 1. The lowest BCUT2D eigenvalue weighted by molar-refractivity contribution is 0.0944. The van der Waals surface area contributed by atoms with Crippen molar-refractivity contribution < 1.29 is 9.90 Å². The molecule has 1 aliphatic rings. The standard InChI is InChI=1S/C23H26N4O2/c1-16-6-2-3-7-18(16)17-10-12-27(15-17)13-11-24-23(29)21-14-20(25-26-21)19-8-4-5-9-22(19)28/h2-9,14,17,28H,10-13,15H2,1H3,(H,24,29)(H,25,26)/t17-/m0/s1. The SMILES string of the molecule is Cc1ccccc1[C@H]1CCN(CCNC(=O)c2cc(-c3ccccc3O)n[nH]2)C1. The molecule has 29 heavy (non-hydrogen) atoms. The fourth-order valence-corrected chi connectivity index (χ4v) is 4.02. The lowest BCUT2D eigenvalue weighted by Crippen LogP contribution is -2.34. The quantitative estimate of drug-likeness (QED) is 0.603. The van der Waals surface area contributed by atoms with Crippen molar-refractivity contribution in [3.63, 3.8) is 0 Å². The maximum absolute atomic E-state index is 12.4. The molecule has 1 aromatic heterocycles. The van der Waals surface area contributed by atoms with Crippen LogP contribution < -0.4 is 5.32 Å². The average Bonchev–Trinajstić information content (AvgIpc) is 3.39. The first-order valence-electron chi connectivity index (χ1n) is 10.0. The maximum atomic E-state index is 12.4. The van der Waals surface area contributed by atoms with Crippen molar-refractivity contribution in [2.24, 2.45) is 0 Å². The van der Waals surface area contributed by atoms with Gasteiger partial charge in [0.2, 0.25) is 0 Å². The van der Waals surface area contributed by atoms with Crippen molar-refractivity contribution >= 4 is 5.91 Å². The van der Waals surface area contributed by atoms with Gasteiger partial charge in [0.15, 0.2) is 0 Å². The average molecular weight is 390 g/mol. The summed E-state index contributed by atoms with van der Waals surface area (Å²) in [5.74, 6) is 0.526. The van der Waals surface area contributed by atoms with Crippen LogP contribution >= 0.6 is 0 Å². The molecule has 0 radical (unpaired) electrons. The highest BCUT2D eigenvalue weighted by Gasteiger charge is 2.24. The molecule has 0 saturated carbocycles. The molecule has 0 bridgehead atoms. The molecule has 2 aromatic carbocycles. The number of H-pyrrole nitrogens is 1. The van der Waals surface area contributed by atoms with Crippen LogP contribution in [0.1, 0.15) is 34.0 Å². The Hall–Kier alpha value is -3.12. The number of hydrogen-bond donors (Lipinski definition) is 3. The van der Waals surface area contributed by atoms with Crippen LogP contribution in [0.25, 0.3) is 11.3 Å². The molecule has 1 saturated heterocycles. The second-order valence-electron chi connectivity index (χ2n) is 7.58. The van der Waals surface area contributed by atoms with Gasteiger partial charge in [0.1, 0.15) is 11.4 Å². The number of para-hydroxylation sites is 1. The molecule has 1 amide bonds. The number of carbonyl (C=O) groups excluding carboxylic acids is 1. The Balaban J connectivity index is 1.28. The van der Waals surface area contributed by atoms with Gasteiger partial charge in [-0.15, -0.1) is 0 Å². The third-order valence-electron chi connectivity index (χ3n) is 5.62. The summed E-state index contributed by atoms with van der Waals surface area (Å²) in [5, 5.41) is 19.8. The van der Waals surface area contributed by atoms with E-state index in [1.165, 1.54) is 11.1 Å². The third-order valence-corrected chi connectivity index (χ3v) is 5.62. The van der Waals surface area contributed by atoms with Gasteiger partial charge in [-0.3, -0.25) is 9.89 Å². The number of nitrogens with zero attached hydrogens (tertiary/aromatic N) is 2. The van der Waals surface area contributed by atoms with E-state index >= 15 is 0 Å². The van der Waals surface area contributed by atoms with Gasteiger partial charge in [0.05, 0.1) is 5.69 Å². The zero-order valence-electron chi connectivity index (χ0n) is 16.6. The summed E-state index contributed by atoms with van der Waals surface area (Å²) in [5.41, 5.74) is 4.33. The van der Waals surface area contributed by atoms with Crippen molar-refractivity contribution in [3.8, 4) is 17.0 Å². The lowest BCUT2D eigenvalue weighted by atomic mass is 9.94. The van der Waals surface area contributed by atoms with Crippen molar-refractivity contribution in [1.29, 1.82) is 0 Å². The monoisotopic (exact) mass is 390 g/mol. The highest BCUT2D eigenvalue weighted by molar-refractivity contribution is 5.93. The molecule has 6 heteroatoms. The molecule has 1 aliphatic heterocycles. The van der Waals surface area contributed by atoms with Crippen molar-refractivity contribution in [2.45, 2.75) is 19.3 Å². The predicted octanol–water partition coefficient (Wildman–Crippen LogP) is 3.31. The first-order valence-corrected chi connectivity index (χ1v) is 10.0. The Kier molecular flexibility index (Phi) is 5.62. The topological polar surface area (TPSA) is 81.2 Å². The Morgan fingerprint density at radius 3 is 2.86 bits per heavy atom. The van der Waals surface area contributed by atoms with Crippen LogP contribution in [-0.2, 0) is 0 Å². The number of amides is 1. The van der Waals surface area contributed by atoms with Gasteiger partial charge in [-0.25, -0.2) is 0 Å². The van der Waals surface area contributed by atoms with E-state index in [-0.39, 0.29) is 11.7 Å². The van der Waals surface area contributed by atoms with Crippen LogP contribution in [0.15, 0.2) is 54.6 Å². The summed E-state index contributed by atoms with van der Waals surface area (Å²) in [4.78, 5) is 14.8. The fourth-order valence-electron chi connectivity index (χ4n) is 4.02. The van der Waals surface area contributed by atoms with Gasteiger partial charge >= 0.3 is 0 Å². The van der Waals surface area contributed by atoms with Gasteiger partial charge in [0, 0.05) is 25.2 Å². The zero-order valence-corrected chi connectivity index (χ0v) is 16.6. The minimum atomic E-state index is -0.186. The Morgan fingerprint density at radius 2 is 2.03 bits per heavy atom. The van der Waals surface area contributed by atoms with Gasteiger partial charge in [0.25, 0.3) is 5.91 Å². The van der Waals surface area contributed by atoms with E-state index in [9.17, 15) is 9.90 Å². The van der Waals surface area contributed by atoms with E-state index in [1.807, 2.05) is 6.07 Å². The highest BCUT2D eigenvalue weighted by Crippen LogP contribution is 2.29. The van der Waals surface area contributed by atoms with Crippen LogP contribution in [0.2, 0.25) is 0 Å². The number of hydrogen-bond acceptors (Lipinski definition) is 4. The van der Waals surface area contributed by atoms with Gasteiger partial charge in [-0.1, -0.05) is 36.4 Å². The summed E-state index contributed by atoms with van der Waals surface area (Å²) in [7, 11) is 0. The number of carbonyl (C=O) groups is 1. The lowest BCUT2D eigenvalue weighted by Gasteiger charge is -2.17. The van der Waals surface area contributed by atoms with Gasteiger partial charge < -0.3 is 15.3 Å². The third kappa shape index (κ3) is 4.32. The summed E-state index contributed by atoms with van der Waals surface area (Å²) in [6.45, 7) is 5.67. The van der Waals surface area contributed by atoms with E-state index in [2.05, 4.69) is 51.6 Å². The number of nitrogens with one attached hydrogen (secondary N) is 2. The first-order chi connectivity index (χ1) is 14.1. The van der Waals surface area contributed by atoms with Crippen LogP contribution in [0.4, 0.5) is 0 Å². The van der Waals surface area contributed by atoms with E-state index in [4.69, 9.17) is 0 Å². The molecule has 0 spiro atoms. The number of benzene rings is 2. The Morgan fingerprint density at radius 1 is 1.24 bits per heavy atom. The normalized spacial score (nSPS) is 16.8. The number of phenolic OH excluding ortho intramolecular Hbond substituents is 1. The Labute approximate surface area is 170 Å². The number of aromatic nitrogens is 2. The van der Waals surface area contributed by atoms with Crippen LogP contribution in [-0.4, -0.2) is 52.3 Å². The molecule has 6 nitrogen and oxygen atoms in total. The van der Waals surface area contributed by atoms with E-state index in [0.29, 0.717) is 29.4 Å². The molecule has 4 rings (SSSR count). The summed E-state index contributed by atoms with van der Waals surface area (Å²) in [6, 6.07) is 17.2. The molecule has 1 fully saturated rings. The second kappa shape index (κ2) is 8.49. The molecule has 3 N–H and O–H groups in total. The maximum Gasteiger partial charge on any atom is 0.269 e. The number of likely N-dealkylation sites (tertiary alicyclic amines) is 1. The Bertz CT molecular complexity index is 998. The van der Waals surface area contributed by atoms with Crippen molar-refractivity contribution in [2.75, 3.05) is 26.2 Å². The van der Waals surface area contributed by atoms with Crippen LogP contribution in [0.3, 0.4) is 0 Å². The number of aromatic hydroxyl groups is 1. The van der Waals surface area contributed by atoms with E-state index in [0.717, 1.165) is 26.1 Å². The zero-order chi connectivity index (χ0) is 20.2. The van der Waals surface area contributed by atoms with Gasteiger partial charge in [-0.2, -0.15) is 5.10 Å². The summed E-state index contributed by atoms with van der Waals surface area (Å²) < 4.78 is 0. The van der Waals surface area contributed by atoms with Crippen molar-refractivity contribution in [3.05, 3.63) is 71.4 Å².